The van der Waals surface area contributed by atoms with Gasteiger partial charge >= 0.3 is 0 Å². The predicted octanol–water partition coefficient (Wildman–Crippen LogP) is -0.853. The van der Waals surface area contributed by atoms with Crippen molar-refractivity contribution in [1.82, 2.24) is 24.9 Å². The van der Waals surface area contributed by atoms with Gasteiger partial charge in [-0.15, -0.1) is 0 Å². The maximum Gasteiger partial charge on any atom is 0.246 e. The Bertz CT molecular complexity index is 820. The van der Waals surface area contributed by atoms with E-state index in [-0.39, 0.29) is 42.3 Å². The third kappa shape index (κ3) is 5.94. The molecular formula is C24H40N6O5. The lowest BCUT2D eigenvalue weighted by Crippen LogP contribution is -2.56. The number of likely N-dealkylation sites (tertiary alicyclic amines) is 3. The van der Waals surface area contributed by atoms with Gasteiger partial charge < -0.3 is 25.8 Å². The summed E-state index contributed by atoms with van der Waals surface area (Å²) in [4.78, 5) is 69.0. The van der Waals surface area contributed by atoms with Crippen LogP contribution in [0.4, 0.5) is 0 Å². The third-order valence-electron chi connectivity index (χ3n) is 7.75. The summed E-state index contributed by atoms with van der Waals surface area (Å²) >= 11 is 0. The van der Waals surface area contributed by atoms with Gasteiger partial charge in [0.2, 0.25) is 30.0 Å². The highest BCUT2D eigenvalue weighted by atomic mass is 16.2. The van der Waals surface area contributed by atoms with E-state index in [0.717, 1.165) is 25.8 Å². The predicted molar refractivity (Wildman–Crippen MR) is 129 cm³/mol. The molecule has 3 rings (SSSR count). The molecule has 0 aromatic carbocycles. The molecule has 196 valence electrons. The number of hydrogen-bond acceptors (Lipinski definition) is 6. The molecular weight excluding hydrogens is 452 g/mol. The van der Waals surface area contributed by atoms with Crippen molar-refractivity contribution in [3.05, 3.63) is 0 Å². The highest BCUT2D eigenvalue weighted by Gasteiger charge is 2.45. The number of nitrogens with one attached hydrogen (secondary N) is 1. The fourth-order valence-corrected chi connectivity index (χ4v) is 5.78. The molecule has 0 spiro atoms. The van der Waals surface area contributed by atoms with Gasteiger partial charge in [-0.1, -0.05) is 13.8 Å². The molecule has 35 heavy (non-hydrogen) atoms. The average molecular weight is 493 g/mol. The maximum absolute atomic E-state index is 13.7. The van der Waals surface area contributed by atoms with Gasteiger partial charge in [-0.05, 0) is 51.0 Å². The number of amides is 5. The summed E-state index contributed by atoms with van der Waals surface area (Å²) in [5.41, 5.74) is 5.51. The highest BCUT2D eigenvalue weighted by Crippen LogP contribution is 2.29. The molecule has 0 aromatic rings. The summed E-state index contributed by atoms with van der Waals surface area (Å²) in [5, 5.41) is 2.42. The average Bonchev–Trinajstić information content (AvgIpc) is 3.59. The maximum atomic E-state index is 13.7. The first-order valence-corrected chi connectivity index (χ1v) is 12.7. The molecule has 3 N–H and O–H groups in total. The molecule has 0 bridgehead atoms. The largest absolute Gasteiger partial charge is 0.368 e. The van der Waals surface area contributed by atoms with Gasteiger partial charge in [0.25, 0.3) is 0 Å². The molecule has 11 heteroatoms. The number of carbonyl (C=O) groups excluding carboxylic acids is 5. The van der Waals surface area contributed by atoms with Gasteiger partial charge in [-0.25, -0.2) is 0 Å². The molecule has 3 fully saturated rings. The molecule has 0 saturated carbocycles. The smallest absolute Gasteiger partial charge is 0.246 e. The van der Waals surface area contributed by atoms with Crippen LogP contribution in [0.15, 0.2) is 0 Å². The minimum atomic E-state index is -0.586. The van der Waals surface area contributed by atoms with Gasteiger partial charge in [0.15, 0.2) is 0 Å². The van der Waals surface area contributed by atoms with Gasteiger partial charge in [0, 0.05) is 32.7 Å². The van der Waals surface area contributed by atoms with Crippen molar-refractivity contribution in [2.45, 2.75) is 76.5 Å². The molecule has 3 aliphatic heterocycles. The van der Waals surface area contributed by atoms with Crippen LogP contribution in [0.25, 0.3) is 0 Å². The Hall–Kier alpha value is -2.69. The van der Waals surface area contributed by atoms with E-state index < -0.39 is 18.0 Å². The van der Waals surface area contributed by atoms with Crippen molar-refractivity contribution < 1.29 is 24.0 Å². The second kappa shape index (κ2) is 11.8. The van der Waals surface area contributed by atoms with E-state index >= 15 is 0 Å². The first-order chi connectivity index (χ1) is 16.7. The van der Waals surface area contributed by atoms with Crippen LogP contribution in [0.5, 0.6) is 0 Å². The Morgan fingerprint density at radius 3 is 2.09 bits per heavy atom. The number of nitrogens with zero attached hydrogens (tertiary/aromatic N) is 4. The van der Waals surface area contributed by atoms with E-state index in [0.29, 0.717) is 45.3 Å². The number of rotatable bonds is 10. The molecule has 3 heterocycles. The highest BCUT2D eigenvalue weighted by molar-refractivity contribution is 5.93. The summed E-state index contributed by atoms with van der Waals surface area (Å²) in [6.45, 7) is 6.32. The van der Waals surface area contributed by atoms with Gasteiger partial charge in [0.05, 0.1) is 12.6 Å². The van der Waals surface area contributed by atoms with Crippen LogP contribution in [0, 0.1) is 5.92 Å². The van der Waals surface area contributed by atoms with Crippen LogP contribution in [0.3, 0.4) is 0 Å². The fourth-order valence-electron chi connectivity index (χ4n) is 5.78. The van der Waals surface area contributed by atoms with Crippen LogP contribution in [-0.4, -0.2) is 114 Å². The van der Waals surface area contributed by atoms with Crippen molar-refractivity contribution in [1.29, 1.82) is 0 Å². The van der Waals surface area contributed by atoms with Crippen molar-refractivity contribution in [3.8, 4) is 0 Å². The second-order valence-corrected chi connectivity index (χ2v) is 10.2. The Balaban J connectivity index is 1.69. The summed E-state index contributed by atoms with van der Waals surface area (Å²) in [5.74, 6) is -0.742. The number of carbonyl (C=O) groups is 5. The normalized spacial score (nSPS) is 25.7. The summed E-state index contributed by atoms with van der Waals surface area (Å²) in [6.07, 6.45) is 4.74. The summed E-state index contributed by atoms with van der Waals surface area (Å²) in [7, 11) is 1.73. The van der Waals surface area contributed by atoms with E-state index in [1.54, 1.807) is 21.7 Å². The zero-order valence-corrected chi connectivity index (χ0v) is 21.1. The molecule has 5 amide bonds. The van der Waals surface area contributed by atoms with E-state index in [9.17, 15) is 24.0 Å². The van der Waals surface area contributed by atoms with Crippen molar-refractivity contribution >= 4 is 30.0 Å². The van der Waals surface area contributed by atoms with E-state index in [4.69, 9.17) is 5.73 Å². The fraction of sp³-hybridized carbons (Fsp3) is 0.792. The summed E-state index contributed by atoms with van der Waals surface area (Å²) < 4.78 is 0. The lowest BCUT2D eigenvalue weighted by molar-refractivity contribution is -0.148. The monoisotopic (exact) mass is 492 g/mol. The molecule has 3 saturated heterocycles. The summed E-state index contributed by atoms with van der Waals surface area (Å²) in [6, 6.07) is -1.60. The first-order valence-electron chi connectivity index (χ1n) is 12.7. The SMILES string of the molecule is CC(C)[C@@H](CN1CCC[C@H]1C(=O)N1CCCC1C(=O)N1CCCC1C(N)=O)N(C)C(=O)CNC=O. The molecule has 3 aliphatic rings. The van der Waals surface area contributed by atoms with Crippen LogP contribution >= 0.6 is 0 Å². The van der Waals surface area contributed by atoms with Gasteiger partial charge in [0.1, 0.15) is 12.1 Å². The van der Waals surface area contributed by atoms with Crippen LogP contribution in [0.1, 0.15) is 52.4 Å². The Morgan fingerprint density at radius 1 is 0.943 bits per heavy atom. The number of hydrogen-bond donors (Lipinski definition) is 2. The van der Waals surface area contributed by atoms with E-state index in [2.05, 4.69) is 10.2 Å². The quantitative estimate of drug-likeness (QED) is 0.381. The second-order valence-electron chi connectivity index (χ2n) is 10.2. The molecule has 2 unspecified atom stereocenters. The van der Waals surface area contributed by atoms with Crippen molar-refractivity contribution in [2.75, 3.05) is 39.8 Å². The Labute approximate surface area is 207 Å². The number of nitrogens with two attached hydrogens (primary N) is 1. The molecule has 4 atom stereocenters. The van der Waals surface area contributed by atoms with Crippen LogP contribution in [0.2, 0.25) is 0 Å². The molecule has 11 nitrogen and oxygen atoms in total. The van der Waals surface area contributed by atoms with Crippen LogP contribution < -0.4 is 11.1 Å². The van der Waals surface area contributed by atoms with Crippen molar-refractivity contribution in [2.24, 2.45) is 11.7 Å². The minimum Gasteiger partial charge on any atom is -0.368 e. The Morgan fingerprint density at radius 2 is 1.49 bits per heavy atom. The standard InChI is InChI=1S/C24H40N6O5/c1-16(2)20(27(3)21(32)13-26-15-31)14-28-10-4-8-18(28)23(34)30-12-6-9-19(30)24(35)29-11-5-7-17(29)22(25)33/h15-20H,4-14H2,1-3H3,(H2,25,33)(H,26,31)/t17?,18-,19?,20+/m0/s1. The first kappa shape index (κ1) is 26.9. The lowest BCUT2D eigenvalue weighted by Gasteiger charge is -2.38. The zero-order valence-electron chi connectivity index (χ0n) is 21.1. The Kier molecular flexibility index (Phi) is 9.09. The van der Waals surface area contributed by atoms with Gasteiger partial charge in [-0.2, -0.15) is 0 Å². The van der Waals surface area contributed by atoms with Crippen LogP contribution in [-0.2, 0) is 24.0 Å². The van der Waals surface area contributed by atoms with Crippen molar-refractivity contribution in [3.63, 3.8) is 0 Å². The molecule has 0 aliphatic carbocycles. The number of likely N-dealkylation sites (N-methyl/N-ethyl adjacent to an activating group) is 1. The van der Waals surface area contributed by atoms with E-state index in [1.807, 2.05) is 13.8 Å². The zero-order chi connectivity index (χ0) is 25.7. The van der Waals surface area contributed by atoms with Gasteiger partial charge in [-0.3, -0.25) is 28.9 Å². The minimum absolute atomic E-state index is 0.0488. The molecule has 0 radical (unpaired) electrons. The molecule has 0 aromatic heterocycles. The lowest BCUT2D eigenvalue weighted by atomic mass is 10.0. The third-order valence-corrected chi connectivity index (χ3v) is 7.75. The van der Waals surface area contributed by atoms with E-state index in [1.165, 1.54) is 0 Å². The topological polar surface area (TPSA) is 136 Å². The number of primary amides is 1.